The van der Waals surface area contributed by atoms with Gasteiger partial charge < -0.3 is 0 Å². The fourth-order valence-electron chi connectivity index (χ4n) is 0.994. The number of nitrogens with one attached hydrogen (secondary N) is 2. The first-order valence-electron chi connectivity index (χ1n) is 4.46. The van der Waals surface area contributed by atoms with Gasteiger partial charge in [0.05, 0.1) is 6.04 Å². The number of carbonyl (C=O) groups excluding carboxylic acids is 1. The summed E-state index contributed by atoms with van der Waals surface area (Å²) in [7, 11) is 0. The fraction of sp³-hybridized carbons (Fsp3) is 0.889. The number of hydrazine groups is 1. The van der Waals surface area contributed by atoms with Crippen molar-refractivity contribution in [3.63, 3.8) is 0 Å². The van der Waals surface area contributed by atoms with Gasteiger partial charge in [-0.3, -0.25) is 10.2 Å². The Morgan fingerprint density at radius 2 is 1.58 bits per heavy atom. The zero-order valence-electron chi connectivity index (χ0n) is 8.64. The van der Waals surface area contributed by atoms with Crippen molar-refractivity contribution in [2.45, 2.75) is 46.7 Å². The van der Waals surface area contributed by atoms with E-state index in [1.54, 1.807) is 6.92 Å². The number of ketones is 1. The largest absolute Gasteiger partial charge is 0.298 e. The van der Waals surface area contributed by atoms with Crippen molar-refractivity contribution in [3.8, 4) is 0 Å². The molecule has 2 N–H and O–H groups in total. The Bertz CT molecular complexity index is 143. The summed E-state index contributed by atoms with van der Waals surface area (Å²) < 4.78 is 0. The van der Waals surface area contributed by atoms with Gasteiger partial charge in [0.2, 0.25) is 0 Å². The number of hydrogen-bond donors (Lipinski definition) is 2. The number of rotatable bonds is 5. The second kappa shape index (κ2) is 5.27. The lowest BCUT2D eigenvalue weighted by Gasteiger charge is -2.21. The van der Waals surface area contributed by atoms with E-state index >= 15 is 0 Å². The van der Waals surface area contributed by atoms with Gasteiger partial charge in [-0.05, 0) is 26.7 Å². The maximum absolute atomic E-state index is 11.1. The van der Waals surface area contributed by atoms with Crippen molar-refractivity contribution in [3.05, 3.63) is 0 Å². The Morgan fingerprint density at radius 3 is 1.83 bits per heavy atom. The fourth-order valence-corrected chi connectivity index (χ4v) is 0.994. The Hall–Kier alpha value is -0.410. The highest BCUT2D eigenvalue weighted by atomic mass is 16.1. The van der Waals surface area contributed by atoms with E-state index in [1.807, 2.05) is 27.7 Å². The van der Waals surface area contributed by atoms with Gasteiger partial charge >= 0.3 is 0 Å². The lowest BCUT2D eigenvalue weighted by Crippen LogP contribution is -2.50. The summed E-state index contributed by atoms with van der Waals surface area (Å²) in [5.41, 5.74) is 6.06. The van der Waals surface area contributed by atoms with Crippen LogP contribution >= 0.6 is 0 Å². The van der Waals surface area contributed by atoms with Crippen LogP contribution in [-0.4, -0.2) is 17.9 Å². The minimum absolute atomic E-state index is 0.0765. The van der Waals surface area contributed by atoms with Crippen molar-refractivity contribution in [1.29, 1.82) is 0 Å². The predicted molar refractivity (Wildman–Crippen MR) is 50.7 cm³/mol. The first-order valence-corrected chi connectivity index (χ1v) is 4.46. The van der Waals surface area contributed by atoms with Gasteiger partial charge in [0.25, 0.3) is 0 Å². The predicted octanol–water partition coefficient (Wildman–Crippen LogP) is 1.10. The summed E-state index contributed by atoms with van der Waals surface area (Å²) in [5, 5.41) is 0. The van der Waals surface area contributed by atoms with E-state index in [4.69, 9.17) is 0 Å². The molecular formula is C9H20N2O. The molecule has 0 fully saturated rings. The standard InChI is InChI=1S/C9H20N2O/c1-6(2)9(8(5)12)11-10-7(3)4/h6-7,9-11H,1-5H3/t9-/m0/s1. The highest BCUT2D eigenvalue weighted by molar-refractivity contribution is 5.81. The molecule has 0 spiro atoms. The molecule has 0 amide bonds. The third kappa shape index (κ3) is 4.46. The van der Waals surface area contributed by atoms with Gasteiger partial charge in [-0.2, -0.15) is 0 Å². The van der Waals surface area contributed by atoms with Crippen LogP contribution in [0.2, 0.25) is 0 Å². The number of carbonyl (C=O) groups is 1. The molecule has 0 rings (SSSR count). The summed E-state index contributed by atoms with van der Waals surface area (Å²) >= 11 is 0. The molecule has 0 aromatic carbocycles. The van der Waals surface area contributed by atoms with Crippen molar-refractivity contribution < 1.29 is 4.79 Å². The van der Waals surface area contributed by atoms with Gasteiger partial charge in [0, 0.05) is 6.04 Å². The Morgan fingerprint density at radius 1 is 1.08 bits per heavy atom. The molecule has 0 aliphatic heterocycles. The molecule has 0 saturated heterocycles. The van der Waals surface area contributed by atoms with E-state index in [-0.39, 0.29) is 11.8 Å². The molecule has 0 aliphatic rings. The topological polar surface area (TPSA) is 41.1 Å². The minimum atomic E-state index is -0.0765. The van der Waals surface area contributed by atoms with Crippen LogP contribution in [0.3, 0.4) is 0 Å². The third-order valence-electron chi connectivity index (χ3n) is 1.63. The molecule has 0 heterocycles. The lowest BCUT2D eigenvalue weighted by molar-refractivity contribution is -0.120. The zero-order chi connectivity index (χ0) is 9.72. The summed E-state index contributed by atoms with van der Waals surface area (Å²) in [6.07, 6.45) is 0. The van der Waals surface area contributed by atoms with E-state index in [2.05, 4.69) is 10.9 Å². The van der Waals surface area contributed by atoms with Crippen molar-refractivity contribution in [1.82, 2.24) is 10.9 Å². The Labute approximate surface area is 74.9 Å². The quantitative estimate of drug-likeness (QED) is 0.610. The number of hydrogen-bond acceptors (Lipinski definition) is 3. The van der Waals surface area contributed by atoms with E-state index < -0.39 is 0 Å². The molecular weight excluding hydrogens is 152 g/mol. The highest BCUT2D eigenvalue weighted by Gasteiger charge is 2.17. The molecule has 0 aliphatic carbocycles. The maximum Gasteiger partial charge on any atom is 0.148 e. The van der Waals surface area contributed by atoms with Gasteiger partial charge in [0.1, 0.15) is 5.78 Å². The Balaban J connectivity index is 3.88. The smallest absolute Gasteiger partial charge is 0.148 e. The zero-order valence-corrected chi connectivity index (χ0v) is 8.64. The summed E-state index contributed by atoms with van der Waals surface area (Å²) in [6, 6.07) is 0.276. The molecule has 0 radical (unpaired) electrons. The molecule has 3 nitrogen and oxygen atoms in total. The van der Waals surface area contributed by atoms with E-state index in [1.165, 1.54) is 0 Å². The van der Waals surface area contributed by atoms with Crippen molar-refractivity contribution >= 4 is 5.78 Å². The SMILES string of the molecule is CC(=O)[C@@H](NNC(C)C)C(C)C. The van der Waals surface area contributed by atoms with Crippen LogP contribution in [0.25, 0.3) is 0 Å². The molecule has 1 atom stereocenters. The molecule has 0 bridgehead atoms. The lowest BCUT2D eigenvalue weighted by atomic mass is 10.0. The second-order valence-electron chi connectivity index (χ2n) is 3.78. The van der Waals surface area contributed by atoms with Crippen LogP contribution in [0, 0.1) is 5.92 Å². The molecule has 3 heteroatoms. The van der Waals surface area contributed by atoms with Crippen molar-refractivity contribution in [2.24, 2.45) is 5.92 Å². The summed E-state index contributed by atoms with van der Waals surface area (Å²) in [5.74, 6) is 0.506. The minimum Gasteiger partial charge on any atom is -0.298 e. The van der Waals surface area contributed by atoms with Gasteiger partial charge in [-0.1, -0.05) is 13.8 Å². The maximum atomic E-state index is 11.1. The van der Waals surface area contributed by atoms with Gasteiger partial charge in [-0.15, -0.1) is 0 Å². The summed E-state index contributed by atoms with van der Waals surface area (Å²) in [6.45, 7) is 9.73. The Kier molecular flexibility index (Phi) is 5.09. The van der Waals surface area contributed by atoms with E-state index in [0.717, 1.165) is 0 Å². The van der Waals surface area contributed by atoms with E-state index in [0.29, 0.717) is 12.0 Å². The molecule has 0 unspecified atom stereocenters. The van der Waals surface area contributed by atoms with Crippen LogP contribution in [0.4, 0.5) is 0 Å². The monoisotopic (exact) mass is 172 g/mol. The van der Waals surface area contributed by atoms with Crippen LogP contribution in [0.15, 0.2) is 0 Å². The molecule has 12 heavy (non-hydrogen) atoms. The average molecular weight is 172 g/mol. The molecule has 72 valence electrons. The molecule has 0 aromatic rings. The van der Waals surface area contributed by atoms with Crippen LogP contribution in [0.1, 0.15) is 34.6 Å². The molecule has 0 saturated carbocycles. The van der Waals surface area contributed by atoms with Crippen LogP contribution in [0.5, 0.6) is 0 Å². The van der Waals surface area contributed by atoms with E-state index in [9.17, 15) is 4.79 Å². The highest BCUT2D eigenvalue weighted by Crippen LogP contribution is 2.01. The van der Waals surface area contributed by atoms with Gasteiger partial charge in [-0.25, -0.2) is 5.43 Å². The first kappa shape index (κ1) is 11.6. The van der Waals surface area contributed by atoms with Crippen LogP contribution in [-0.2, 0) is 4.79 Å². The first-order chi connectivity index (χ1) is 5.45. The third-order valence-corrected chi connectivity index (χ3v) is 1.63. The normalized spacial score (nSPS) is 13.9. The number of Topliss-reactive ketones (excluding diaryl/α,β-unsaturated/α-hetero) is 1. The second-order valence-corrected chi connectivity index (χ2v) is 3.78. The van der Waals surface area contributed by atoms with Gasteiger partial charge in [0.15, 0.2) is 0 Å². The average Bonchev–Trinajstić information content (AvgIpc) is 1.84. The van der Waals surface area contributed by atoms with Crippen molar-refractivity contribution in [2.75, 3.05) is 0 Å². The van der Waals surface area contributed by atoms with Crippen LogP contribution < -0.4 is 10.9 Å². The summed E-state index contributed by atoms with van der Waals surface area (Å²) in [4.78, 5) is 11.1. The molecule has 0 aromatic heterocycles.